The second kappa shape index (κ2) is 12.8. The maximum absolute atomic E-state index is 14.5. The summed E-state index contributed by atoms with van der Waals surface area (Å²) >= 11 is 0. The lowest BCUT2D eigenvalue weighted by molar-refractivity contribution is -0.210. The van der Waals surface area contributed by atoms with Gasteiger partial charge in [0, 0.05) is 48.2 Å². The molecule has 1 aromatic heterocycles. The molecule has 2 heterocycles. The minimum Gasteiger partial charge on any atom is -0.472 e. The molecule has 1 N–H and O–H groups in total. The average Bonchev–Trinajstić information content (AvgIpc) is 3.54. The van der Waals surface area contributed by atoms with Crippen molar-refractivity contribution in [1.82, 2.24) is 0 Å². The minimum absolute atomic E-state index is 0.0769. The van der Waals surface area contributed by atoms with Crippen LogP contribution in [0.25, 0.3) is 0 Å². The Bertz CT molecular complexity index is 1420. The quantitative estimate of drug-likeness (QED) is 0.305. The lowest BCUT2D eigenvalue weighted by Gasteiger charge is -2.56. The van der Waals surface area contributed by atoms with E-state index >= 15 is 0 Å². The largest absolute Gasteiger partial charge is 0.472 e. The van der Waals surface area contributed by atoms with Crippen molar-refractivity contribution >= 4 is 35.4 Å². The third kappa shape index (κ3) is 5.80. The average molecular weight is 645 g/mol. The van der Waals surface area contributed by atoms with E-state index < -0.39 is 93.9 Å². The summed E-state index contributed by atoms with van der Waals surface area (Å²) in [4.78, 5) is 80.2. The summed E-state index contributed by atoms with van der Waals surface area (Å²) in [5.74, 6) is -8.04. The summed E-state index contributed by atoms with van der Waals surface area (Å²) in [6, 6.07) is 1.60. The zero-order chi connectivity index (χ0) is 34.4. The lowest BCUT2D eigenvalue weighted by Crippen LogP contribution is -2.68. The fraction of sp³-hybridized carbons (Fsp3) is 0.647. The number of aliphatic hydroxyl groups is 1. The van der Waals surface area contributed by atoms with Gasteiger partial charge in [0.05, 0.1) is 31.5 Å². The number of cyclic esters (lactones) is 1. The number of esters is 4. The van der Waals surface area contributed by atoms with Gasteiger partial charge in [-0.3, -0.25) is 24.0 Å². The standard InChI is InChI=1S/C34H44O12/c1-9-17(2)31(40)46-29-26(27(39)18(3)21(32(29,5)6)14-24(37)42-8)30(44-19(4)35)34(41)22-15-25(38)45-28(20-11-13-43-16-20)33(22,7)12-10-23(34)36/h11,13,15-18,21,26,28-30,41H,9-10,12,14H2,1-8H3. The second-order valence-corrected chi connectivity index (χ2v) is 13.7. The Hall–Kier alpha value is -3.80. The molecule has 0 bridgehead atoms. The topological polar surface area (TPSA) is 173 Å². The zero-order valence-corrected chi connectivity index (χ0v) is 27.6. The van der Waals surface area contributed by atoms with Crippen LogP contribution >= 0.6 is 0 Å². The third-order valence-corrected chi connectivity index (χ3v) is 10.5. The van der Waals surface area contributed by atoms with Gasteiger partial charge >= 0.3 is 23.9 Å². The lowest BCUT2D eigenvalue weighted by atomic mass is 9.52. The molecule has 2 aliphatic carbocycles. The highest BCUT2D eigenvalue weighted by atomic mass is 16.6. The van der Waals surface area contributed by atoms with E-state index in [0.717, 1.165) is 13.0 Å². The summed E-state index contributed by atoms with van der Waals surface area (Å²) in [6.07, 6.45) is -0.230. The Kier molecular flexibility index (Phi) is 9.74. The number of methoxy groups -OCH3 is 1. The number of rotatable bonds is 9. The number of carbonyl (C=O) groups excluding carboxylic acids is 6. The van der Waals surface area contributed by atoms with E-state index in [1.807, 2.05) is 0 Å². The number of furan rings is 1. The van der Waals surface area contributed by atoms with Gasteiger partial charge in [-0.2, -0.15) is 0 Å². The monoisotopic (exact) mass is 644 g/mol. The van der Waals surface area contributed by atoms with Crippen LogP contribution < -0.4 is 0 Å². The van der Waals surface area contributed by atoms with Crippen molar-refractivity contribution in [2.75, 3.05) is 7.11 Å². The van der Waals surface area contributed by atoms with Crippen LogP contribution in [0.3, 0.4) is 0 Å². The van der Waals surface area contributed by atoms with Gasteiger partial charge in [-0.25, -0.2) is 4.79 Å². The predicted octanol–water partition coefficient (Wildman–Crippen LogP) is 3.83. The van der Waals surface area contributed by atoms with Crippen LogP contribution in [0, 0.1) is 34.5 Å². The van der Waals surface area contributed by atoms with Crippen LogP contribution in [-0.4, -0.2) is 65.5 Å². The van der Waals surface area contributed by atoms with E-state index in [2.05, 4.69) is 0 Å². The van der Waals surface area contributed by atoms with Crippen molar-refractivity contribution < 1.29 is 57.2 Å². The van der Waals surface area contributed by atoms with Crippen LogP contribution in [0.4, 0.5) is 0 Å². The third-order valence-electron chi connectivity index (χ3n) is 10.5. The normalized spacial score (nSPS) is 33.5. The maximum atomic E-state index is 14.5. The summed E-state index contributed by atoms with van der Waals surface area (Å²) in [7, 11) is 1.23. The highest BCUT2D eigenvalue weighted by molar-refractivity contribution is 5.98. The highest BCUT2D eigenvalue weighted by Gasteiger charge is 2.68. The smallest absolute Gasteiger partial charge is 0.331 e. The molecule has 12 nitrogen and oxygen atoms in total. The van der Waals surface area contributed by atoms with Gasteiger partial charge < -0.3 is 28.5 Å². The first-order chi connectivity index (χ1) is 21.4. The van der Waals surface area contributed by atoms with Crippen LogP contribution in [0.1, 0.15) is 85.8 Å². The molecule has 9 atom stereocenters. The van der Waals surface area contributed by atoms with Gasteiger partial charge in [0.1, 0.15) is 18.0 Å². The number of hydrogen-bond donors (Lipinski definition) is 1. The SMILES string of the molecule is CCC(C)C(=O)OC1C(C(OC(C)=O)C2(O)C(=O)CCC3(C)C2=CC(=O)OC3c2ccoc2)C(=O)C(C)C(CC(=O)OC)C1(C)C. The fourth-order valence-electron chi connectivity index (χ4n) is 7.61. The minimum atomic E-state index is -2.69. The van der Waals surface area contributed by atoms with E-state index in [0.29, 0.717) is 12.0 Å². The molecule has 2 saturated carbocycles. The molecule has 1 aliphatic heterocycles. The Balaban J connectivity index is 1.95. The molecule has 2 fully saturated rings. The molecule has 252 valence electrons. The highest BCUT2D eigenvalue weighted by Crippen LogP contribution is 2.59. The van der Waals surface area contributed by atoms with Crippen LogP contribution in [-0.2, 0) is 47.7 Å². The van der Waals surface area contributed by atoms with Gasteiger partial charge in [0.15, 0.2) is 17.5 Å². The molecule has 12 heteroatoms. The molecule has 4 rings (SSSR count). The number of carbonyl (C=O) groups is 6. The molecule has 0 amide bonds. The Morgan fingerprint density at radius 3 is 2.39 bits per heavy atom. The molecule has 3 aliphatic rings. The molecular weight excluding hydrogens is 600 g/mol. The van der Waals surface area contributed by atoms with E-state index in [4.69, 9.17) is 23.4 Å². The molecule has 0 spiro atoms. The molecule has 46 heavy (non-hydrogen) atoms. The summed E-state index contributed by atoms with van der Waals surface area (Å²) in [5, 5.41) is 12.7. The first-order valence-corrected chi connectivity index (χ1v) is 15.6. The molecule has 0 radical (unpaired) electrons. The number of Topliss-reactive ketones (excluding diaryl/α,β-unsaturated/α-hetero) is 2. The number of fused-ring (bicyclic) bond motifs is 1. The van der Waals surface area contributed by atoms with Crippen molar-refractivity contribution in [3.63, 3.8) is 0 Å². The Labute approximate surface area is 268 Å². The van der Waals surface area contributed by atoms with Gasteiger partial charge in [-0.1, -0.05) is 41.5 Å². The summed E-state index contributed by atoms with van der Waals surface area (Å²) in [5.41, 5.74) is -4.60. The van der Waals surface area contributed by atoms with Crippen LogP contribution in [0.15, 0.2) is 34.7 Å². The first-order valence-electron chi connectivity index (χ1n) is 15.6. The fourth-order valence-corrected chi connectivity index (χ4v) is 7.61. The predicted molar refractivity (Wildman–Crippen MR) is 159 cm³/mol. The van der Waals surface area contributed by atoms with Crippen LogP contribution in [0.5, 0.6) is 0 Å². The van der Waals surface area contributed by atoms with E-state index in [9.17, 15) is 33.9 Å². The van der Waals surface area contributed by atoms with Crippen molar-refractivity contribution in [1.29, 1.82) is 0 Å². The molecule has 1 aromatic rings. The maximum Gasteiger partial charge on any atom is 0.331 e. The van der Waals surface area contributed by atoms with Crippen LogP contribution in [0.2, 0.25) is 0 Å². The van der Waals surface area contributed by atoms with Crippen molar-refractivity contribution in [2.24, 2.45) is 34.5 Å². The molecule has 0 aromatic carbocycles. The molecule has 9 unspecified atom stereocenters. The van der Waals surface area contributed by atoms with Crippen molar-refractivity contribution in [3.8, 4) is 0 Å². The summed E-state index contributed by atoms with van der Waals surface area (Å²) in [6.45, 7) is 11.3. The number of ether oxygens (including phenoxy) is 4. The van der Waals surface area contributed by atoms with Gasteiger partial charge in [0.2, 0.25) is 0 Å². The number of hydrogen-bond acceptors (Lipinski definition) is 12. The summed E-state index contributed by atoms with van der Waals surface area (Å²) < 4.78 is 27.7. The number of ketones is 2. The first kappa shape index (κ1) is 35.1. The zero-order valence-electron chi connectivity index (χ0n) is 27.6. The van der Waals surface area contributed by atoms with Crippen molar-refractivity contribution in [2.45, 2.75) is 98.1 Å². The Morgan fingerprint density at radius 2 is 1.83 bits per heavy atom. The van der Waals surface area contributed by atoms with Gasteiger partial charge in [-0.15, -0.1) is 0 Å². The van der Waals surface area contributed by atoms with Gasteiger partial charge in [-0.05, 0) is 30.4 Å². The van der Waals surface area contributed by atoms with E-state index in [-0.39, 0.29) is 24.8 Å². The molecular formula is C34H44O12. The van der Waals surface area contributed by atoms with E-state index in [1.54, 1.807) is 47.6 Å². The molecule has 0 saturated heterocycles. The van der Waals surface area contributed by atoms with Gasteiger partial charge in [0.25, 0.3) is 0 Å². The Morgan fingerprint density at radius 1 is 1.15 bits per heavy atom. The second-order valence-electron chi connectivity index (χ2n) is 13.7. The van der Waals surface area contributed by atoms with Crippen molar-refractivity contribution in [3.05, 3.63) is 35.8 Å². The van der Waals surface area contributed by atoms with E-state index in [1.165, 1.54) is 19.6 Å².